The Labute approximate surface area is 196 Å². The van der Waals surface area contributed by atoms with E-state index in [1.165, 1.54) is 7.11 Å². The van der Waals surface area contributed by atoms with Gasteiger partial charge in [0, 0.05) is 6.04 Å². The number of benzene rings is 2. The van der Waals surface area contributed by atoms with Gasteiger partial charge < -0.3 is 19.5 Å². The highest BCUT2D eigenvalue weighted by Gasteiger charge is 2.46. The smallest absolute Gasteiger partial charge is 0.187 e. The number of rotatable bonds is 9. The summed E-state index contributed by atoms with van der Waals surface area (Å²) in [6.07, 6.45) is 0.566. The van der Waals surface area contributed by atoms with Crippen LogP contribution in [-0.4, -0.2) is 67.5 Å². The van der Waals surface area contributed by atoms with Crippen LogP contribution in [0.4, 0.5) is 0 Å². The Hall–Kier alpha value is -2.30. The zero-order valence-corrected chi connectivity index (χ0v) is 21.2. The number of nitrogens with one attached hydrogen (secondary N) is 1. The van der Waals surface area contributed by atoms with Gasteiger partial charge in [-0.1, -0.05) is 6.07 Å². The van der Waals surface area contributed by atoms with E-state index >= 15 is 0 Å². The van der Waals surface area contributed by atoms with Gasteiger partial charge in [0.1, 0.15) is 10.6 Å². The lowest BCUT2D eigenvalue weighted by molar-refractivity contribution is 0.354. The highest BCUT2D eigenvalue weighted by molar-refractivity contribution is 7.96. The van der Waals surface area contributed by atoms with Gasteiger partial charge in [0.2, 0.25) is 0 Å². The topological polar surface area (TPSA) is 108 Å². The fraction of sp³-hybridized carbons (Fsp3) is 0.478. The molecule has 3 rings (SSSR count). The van der Waals surface area contributed by atoms with Gasteiger partial charge in [0.25, 0.3) is 0 Å². The Balaban J connectivity index is 1.82. The highest BCUT2D eigenvalue weighted by Crippen LogP contribution is 2.34. The maximum atomic E-state index is 13.5. The Morgan fingerprint density at radius 2 is 1.55 bits per heavy atom. The van der Waals surface area contributed by atoms with Crippen LogP contribution >= 0.6 is 0 Å². The minimum Gasteiger partial charge on any atom is -0.495 e. The fourth-order valence-corrected chi connectivity index (χ4v) is 9.00. The van der Waals surface area contributed by atoms with E-state index in [1.807, 2.05) is 26.0 Å². The standard InChI is InChI=1S/C23H31NO7S2/c1-15-10-21(31-5)22(11-16(15)2)33(27,28)23-14-32(25,26)13-18(23)24-9-8-17-6-7-19(29-3)20(12-17)30-4/h6-7,10-12,18,23-24H,8-9,13-14H2,1-5H3/t18-,23-/m0/s1. The van der Waals surface area contributed by atoms with E-state index in [2.05, 4.69) is 5.32 Å². The zero-order valence-electron chi connectivity index (χ0n) is 19.5. The normalized spacial score (nSPS) is 19.9. The van der Waals surface area contributed by atoms with Gasteiger partial charge in [-0.2, -0.15) is 0 Å². The Morgan fingerprint density at radius 3 is 2.18 bits per heavy atom. The lowest BCUT2D eigenvalue weighted by Crippen LogP contribution is -2.44. The van der Waals surface area contributed by atoms with E-state index < -0.39 is 36.7 Å². The molecule has 8 nitrogen and oxygen atoms in total. The number of hydrogen-bond acceptors (Lipinski definition) is 8. The molecule has 0 amide bonds. The Kier molecular flexibility index (Phi) is 7.60. The van der Waals surface area contributed by atoms with Crippen molar-refractivity contribution in [2.75, 3.05) is 39.4 Å². The molecule has 0 bridgehead atoms. The molecule has 0 radical (unpaired) electrons. The van der Waals surface area contributed by atoms with Crippen molar-refractivity contribution in [2.24, 2.45) is 0 Å². The first kappa shape index (κ1) is 25.3. The van der Waals surface area contributed by atoms with Crippen molar-refractivity contribution in [3.05, 3.63) is 47.0 Å². The van der Waals surface area contributed by atoms with Crippen LogP contribution in [0.15, 0.2) is 35.2 Å². The lowest BCUT2D eigenvalue weighted by Gasteiger charge is -2.22. The minimum absolute atomic E-state index is 0.0295. The monoisotopic (exact) mass is 497 g/mol. The van der Waals surface area contributed by atoms with Gasteiger partial charge in [0.15, 0.2) is 31.2 Å². The summed E-state index contributed by atoms with van der Waals surface area (Å²) < 4.78 is 67.8. The summed E-state index contributed by atoms with van der Waals surface area (Å²) in [5, 5.41) is 2.08. The molecule has 0 saturated carbocycles. The summed E-state index contributed by atoms with van der Waals surface area (Å²) >= 11 is 0. The Bertz CT molecular complexity index is 1220. The molecule has 1 heterocycles. The van der Waals surface area contributed by atoms with Crippen molar-refractivity contribution < 1.29 is 31.0 Å². The molecule has 2 aromatic carbocycles. The molecule has 10 heteroatoms. The van der Waals surface area contributed by atoms with Crippen LogP contribution in [0.5, 0.6) is 17.2 Å². The maximum Gasteiger partial charge on any atom is 0.187 e. The predicted molar refractivity (Wildman–Crippen MR) is 127 cm³/mol. The van der Waals surface area contributed by atoms with Gasteiger partial charge in [-0.3, -0.25) is 0 Å². The fourth-order valence-electron chi connectivity index (χ4n) is 4.06. The third-order valence-corrected chi connectivity index (χ3v) is 10.2. The summed E-state index contributed by atoms with van der Waals surface area (Å²) in [4.78, 5) is 0.0295. The van der Waals surface area contributed by atoms with E-state index in [1.54, 1.807) is 32.4 Å². The van der Waals surface area contributed by atoms with Crippen molar-refractivity contribution in [3.63, 3.8) is 0 Å². The molecule has 0 spiro atoms. The second-order valence-corrected chi connectivity index (χ2v) is 12.5. The molecule has 0 unspecified atom stereocenters. The molecular weight excluding hydrogens is 466 g/mol. The van der Waals surface area contributed by atoms with Crippen LogP contribution in [-0.2, 0) is 26.1 Å². The first-order valence-corrected chi connectivity index (χ1v) is 13.9. The van der Waals surface area contributed by atoms with Crippen LogP contribution in [0, 0.1) is 13.8 Å². The van der Waals surface area contributed by atoms with E-state index in [9.17, 15) is 16.8 Å². The second-order valence-electron chi connectivity index (χ2n) is 8.25. The molecule has 1 N–H and O–H groups in total. The zero-order chi connectivity index (χ0) is 24.4. The first-order chi connectivity index (χ1) is 15.5. The van der Waals surface area contributed by atoms with Crippen molar-refractivity contribution in [3.8, 4) is 17.2 Å². The van der Waals surface area contributed by atoms with Crippen molar-refractivity contribution in [1.82, 2.24) is 5.32 Å². The first-order valence-electron chi connectivity index (χ1n) is 10.6. The molecule has 182 valence electrons. The third kappa shape index (κ3) is 5.44. The van der Waals surface area contributed by atoms with Gasteiger partial charge in [-0.25, -0.2) is 16.8 Å². The summed E-state index contributed by atoms with van der Waals surface area (Å²) in [5.74, 6) is 0.798. The largest absolute Gasteiger partial charge is 0.495 e. The number of hydrogen-bond donors (Lipinski definition) is 1. The number of sulfone groups is 2. The van der Waals surface area contributed by atoms with Crippen LogP contribution in [0.3, 0.4) is 0 Å². The van der Waals surface area contributed by atoms with Crippen molar-refractivity contribution >= 4 is 19.7 Å². The van der Waals surface area contributed by atoms with Gasteiger partial charge in [0.05, 0.1) is 38.1 Å². The molecule has 0 aliphatic carbocycles. The maximum absolute atomic E-state index is 13.5. The molecule has 1 aliphatic rings. The van der Waals surface area contributed by atoms with E-state index in [0.29, 0.717) is 24.5 Å². The van der Waals surface area contributed by atoms with E-state index in [4.69, 9.17) is 14.2 Å². The summed E-state index contributed by atoms with van der Waals surface area (Å²) in [6, 6.07) is 8.06. The summed E-state index contributed by atoms with van der Waals surface area (Å²) in [7, 11) is -2.94. The molecule has 1 aliphatic heterocycles. The van der Waals surface area contributed by atoms with Crippen LogP contribution in [0.25, 0.3) is 0 Å². The van der Waals surface area contributed by atoms with Gasteiger partial charge in [-0.05, 0) is 67.8 Å². The molecular formula is C23H31NO7S2. The minimum atomic E-state index is -3.96. The lowest BCUT2D eigenvalue weighted by atomic mass is 10.1. The molecule has 2 aromatic rings. The molecule has 1 saturated heterocycles. The van der Waals surface area contributed by atoms with Crippen LogP contribution in [0.1, 0.15) is 16.7 Å². The third-order valence-electron chi connectivity index (χ3n) is 6.05. The SMILES string of the molecule is COc1ccc(CCN[C@H]2CS(=O)(=O)C[C@@H]2S(=O)(=O)c2cc(C)c(C)cc2OC)cc1OC. The van der Waals surface area contributed by atoms with Crippen molar-refractivity contribution in [2.45, 2.75) is 36.5 Å². The number of ether oxygens (including phenoxy) is 3. The van der Waals surface area contributed by atoms with E-state index in [0.717, 1.165) is 16.7 Å². The molecule has 2 atom stereocenters. The average Bonchev–Trinajstić information content (AvgIpc) is 3.10. The quantitative estimate of drug-likeness (QED) is 0.561. The second kappa shape index (κ2) is 9.90. The summed E-state index contributed by atoms with van der Waals surface area (Å²) in [6.45, 7) is 4.09. The van der Waals surface area contributed by atoms with Gasteiger partial charge >= 0.3 is 0 Å². The highest BCUT2D eigenvalue weighted by atomic mass is 32.2. The van der Waals surface area contributed by atoms with Crippen LogP contribution in [0.2, 0.25) is 0 Å². The van der Waals surface area contributed by atoms with Gasteiger partial charge in [-0.15, -0.1) is 0 Å². The molecule has 0 aromatic heterocycles. The van der Waals surface area contributed by atoms with Crippen molar-refractivity contribution in [1.29, 1.82) is 0 Å². The number of methoxy groups -OCH3 is 3. The average molecular weight is 498 g/mol. The number of aryl methyl sites for hydroxylation is 2. The van der Waals surface area contributed by atoms with E-state index in [-0.39, 0.29) is 16.4 Å². The predicted octanol–water partition coefficient (Wildman–Crippen LogP) is 2.10. The molecule has 1 fully saturated rings. The molecule has 33 heavy (non-hydrogen) atoms. The van der Waals surface area contributed by atoms with Crippen LogP contribution < -0.4 is 19.5 Å². The summed E-state index contributed by atoms with van der Waals surface area (Å²) in [5.41, 5.74) is 2.65. The Morgan fingerprint density at radius 1 is 0.909 bits per heavy atom.